The maximum Gasteiger partial charge on any atom is 0.250 e. The van der Waals surface area contributed by atoms with Crippen LogP contribution in [0.5, 0.6) is 0 Å². The SMILES string of the molecule is CC(C)[C@@H]1NC(=O)[C@@H]1O[Si](C(C)C)(C(C)C)C(C)C. The molecule has 4 heteroatoms. The summed E-state index contributed by atoms with van der Waals surface area (Å²) in [5.74, 6) is 0.512. The highest BCUT2D eigenvalue weighted by molar-refractivity contribution is 6.77. The van der Waals surface area contributed by atoms with Crippen molar-refractivity contribution < 1.29 is 9.22 Å². The molecule has 0 aromatic heterocycles. The summed E-state index contributed by atoms with van der Waals surface area (Å²) in [5.41, 5.74) is 1.57. The third-order valence-electron chi connectivity index (χ3n) is 4.65. The van der Waals surface area contributed by atoms with E-state index in [0.717, 1.165) is 0 Å². The molecule has 0 radical (unpaired) electrons. The van der Waals surface area contributed by atoms with Gasteiger partial charge < -0.3 is 9.74 Å². The Hall–Kier alpha value is -0.353. The van der Waals surface area contributed by atoms with Crippen molar-refractivity contribution in [2.24, 2.45) is 5.92 Å². The Morgan fingerprint density at radius 2 is 1.37 bits per heavy atom. The van der Waals surface area contributed by atoms with Crippen LogP contribution in [0.2, 0.25) is 16.6 Å². The summed E-state index contributed by atoms with van der Waals surface area (Å²) >= 11 is 0. The Morgan fingerprint density at radius 1 is 0.947 bits per heavy atom. The first-order valence-electron chi connectivity index (χ1n) is 7.62. The van der Waals surface area contributed by atoms with Gasteiger partial charge in [0, 0.05) is 0 Å². The molecule has 0 bridgehead atoms. The van der Waals surface area contributed by atoms with Gasteiger partial charge in [-0.15, -0.1) is 0 Å². The first-order chi connectivity index (χ1) is 8.64. The minimum Gasteiger partial charge on any atom is -0.402 e. The maximum atomic E-state index is 11.9. The van der Waals surface area contributed by atoms with Gasteiger partial charge in [-0.1, -0.05) is 55.4 Å². The van der Waals surface area contributed by atoms with E-state index < -0.39 is 8.32 Å². The molecule has 0 spiro atoms. The fourth-order valence-electron chi connectivity index (χ4n) is 3.66. The second-order valence-corrected chi connectivity index (χ2v) is 12.5. The summed E-state index contributed by atoms with van der Waals surface area (Å²) < 4.78 is 6.57. The third kappa shape index (κ3) is 2.89. The number of β-lactam (4-membered cyclic amide) rings is 1. The topological polar surface area (TPSA) is 38.3 Å². The standard InChI is InChI=1S/C15H31NO2Si/c1-9(2)13-14(15(17)16-13)18-19(10(3)4,11(5)6)12(7)8/h9-14H,1-8H3,(H,16,17)/t13-,14+/m0/s1. The molecule has 2 atom stereocenters. The first-order valence-corrected chi connectivity index (χ1v) is 9.76. The molecular formula is C15H31NO2Si. The average molecular weight is 286 g/mol. The number of hydrogen-bond donors (Lipinski definition) is 1. The van der Waals surface area contributed by atoms with Gasteiger partial charge in [0.15, 0.2) is 0 Å². The predicted molar refractivity (Wildman–Crippen MR) is 82.7 cm³/mol. The van der Waals surface area contributed by atoms with E-state index in [1.54, 1.807) is 0 Å². The Balaban J connectivity index is 2.98. The van der Waals surface area contributed by atoms with Crippen LogP contribution in [0.25, 0.3) is 0 Å². The molecule has 1 aliphatic heterocycles. The van der Waals surface area contributed by atoms with Gasteiger partial charge in [0.2, 0.25) is 14.2 Å². The Kier molecular flexibility index (Phi) is 5.24. The second-order valence-electron chi connectivity index (χ2n) is 7.13. The molecule has 1 heterocycles. The summed E-state index contributed by atoms with van der Waals surface area (Å²) in [6.45, 7) is 17.8. The van der Waals surface area contributed by atoms with E-state index in [1.807, 2.05) is 0 Å². The van der Waals surface area contributed by atoms with Gasteiger partial charge in [-0.05, 0) is 22.5 Å². The van der Waals surface area contributed by atoms with Crippen LogP contribution in [0, 0.1) is 5.92 Å². The molecular weight excluding hydrogens is 254 g/mol. The van der Waals surface area contributed by atoms with Crippen LogP contribution >= 0.6 is 0 Å². The summed E-state index contributed by atoms with van der Waals surface area (Å²) in [5, 5.41) is 2.99. The predicted octanol–water partition coefficient (Wildman–Crippen LogP) is 3.70. The van der Waals surface area contributed by atoms with Gasteiger partial charge in [-0.25, -0.2) is 0 Å². The van der Waals surface area contributed by atoms with Gasteiger partial charge in [-0.2, -0.15) is 0 Å². The third-order valence-corrected chi connectivity index (χ3v) is 10.7. The molecule has 0 saturated carbocycles. The van der Waals surface area contributed by atoms with Crippen molar-refractivity contribution >= 4 is 14.2 Å². The molecule has 112 valence electrons. The molecule has 3 nitrogen and oxygen atoms in total. The zero-order chi connectivity index (χ0) is 15.0. The van der Waals surface area contributed by atoms with Gasteiger partial charge in [-0.3, -0.25) is 4.79 Å². The number of amides is 1. The molecule has 19 heavy (non-hydrogen) atoms. The van der Waals surface area contributed by atoms with E-state index in [1.165, 1.54) is 0 Å². The number of carbonyl (C=O) groups excluding carboxylic acids is 1. The van der Waals surface area contributed by atoms with Crippen molar-refractivity contribution in [3.63, 3.8) is 0 Å². The average Bonchev–Trinajstić information content (AvgIpc) is 2.24. The molecule has 1 N–H and O–H groups in total. The molecule has 0 unspecified atom stereocenters. The first kappa shape index (κ1) is 16.7. The normalized spacial score (nSPS) is 24.3. The highest BCUT2D eigenvalue weighted by Crippen LogP contribution is 2.44. The molecule has 0 aromatic rings. The highest BCUT2D eigenvalue weighted by atomic mass is 28.4. The van der Waals surface area contributed by atoms with Crippen molar-refractivity contribution in [2.75, 3.05) is 0 Å². The van der Waals surface area contributed by atoms with Crippen LogP contribution in [0.4, 0.5) is 0 Å². The Morgan fingerprint density at radius 3 is 1.63 bits per heavy atom. The number of hydrogen-bond acceptors (Lipinski definition) is 2. The quantitative estimate of drug-likeness (QED) is 0.597. The molecule has 1 rings (SSSR count). The molecule has 1 amide bonds. The lowest BCUT2D eigenvalue weighted by atomic mass is 9.91. The van der Waals surface area contributed by atoms with Gasteiger partial charge >= 0.3 is 0 Å². The van der Waals surface area contributed by atoms with Crippen molar-refractivity contribution in [1.29, 1.82) is 0 Å². The van der Waals surface area contributed by atoms with Crippen molar-refractivity contribution in [3.8, 4) is 0 Å². The van der Waals surface area contributed by atoms with E-state index in [4.69, 9.17) is 4.43 Å². The van der Waals surface area contributed by atoms with Crippen LogP contribution in [0.1, 0.15) is 55.4 Å². The zero-order valence-electron chi connectivity index (χ0n) is 13.8. The maximum absolute atomic E-state index is 11.9. The number of rotatable bonds is 6. The van der Waals surface area contributed by atoms with Crippen LogP contribution in [-0.2, 0) is 9.22 Å². The van der Waals surface area contributed by atoms with E-state index in [0.29, 0.717) is 22.5 Å². The minimum atomic E-state index is -1.95. The lowest BCUT2D eigenvalue weighted by molar-refractivity contribution is -0.143. The van der Waals surface area contributed by atoms with Crippen LogP contribution in [0.15, 0.2) is 0 Å². The summed E-state index contributed by atoms with van der Waals surface area (Å²) in [4.78, 5) is 11.9. The molecule has 1 saturated heterocycles. The molecule has 0 aliphatic carbocycles. The fourth-order valence-corrected chi connectivity index (χ4v) is 9.17. The van der Waals surface area contributed by atoms with Crippen LogP contribution < -0.4 is 5.32 Å². The van der Waals surface area contributed by atoms with E-state index >= 15 is 0 Å². The summed E-state index contributed by atoms with van der Waals surface area (Å²) in [6.07, 6.45) is -0.223. The van der Waals surface area contributed by atoms with E-state index in [-0.39, 0.29) is 18.1 Å². The second kappa shape index (κ2) is 5.96. The summed E-state index contributed by atoms with van der Waals surface area (Å²) in [7, 11) is -1.95. The Labute approximate surface area is 119 Å². The molecule has 0 aromatic carbocycles. The lowest BCUT2D eigenvalue weighted by Gasteiger charge is -2.49. The van der Waals surface area contributed by atoms with Crippen LogP contribution in [0.3, 0.4) is 0 Å². The van der Waals surface area contributed by atoms with Crippen molar-refractivity contribution in [2.45, 2.75) is 84.2 Å². The van der Waals surface area contributed by atoms with Gasteiger partial charge in [0.1, 0.15) is 6.10 Å². The number of carbonyl (C=O) groups is 1. The highest BCUT2D eigenvalue weighted by Gasteiger charge is 2.52. The van der Waals surface area contributed by atoms with E-state index in [9.17, 15) is 4.79 Å². The van der Waals surface area contributed by atoms with Gasteiger partial charge in [0.05, 0.1) is 6.04 Å². The van der Waals surface area contributed by atoms with Crippen molar-refractivity contribution in [3.05, 3.63) is 0 Å². The van der Waals surface area contributed by atoms with E-state index in [2.05, 4.69) is 60.7 Å². The Bertz CT molecular complexity index is 304. The van der Waals surface area contributed by atoms with Gasteiger partial charge in [0.25, 0.3) is 0 Å². The molecule has 1 fully saturated rings. The summed E-state index contributed by atoms with van der Waals surface area (Å²) in [6, 6.07) is 0.190. The van der Waals surface area contributed by atoms with Crippen LogP contribution in [-0.4, -0.2) is 26.4 Å². The lowest BCUT2D eigenvalue weighted by Crippen LogP contribution is -2.69. The number of nitrogens with one attached hydrogen (secondary N) is 1. The minimum absolute atomic E-state index is 0.0810. The van der Waals surface area contributed by atoms with Crippen molar-refractivity contribution in [1.82, 2.24) is 5.32 Å². The largest absolute Gasteiger partial charge is 0.402 e. The molecule has 1 aliphatic rings. The fraction of sp³-hybridized carbons (Fsp3) is 0.933. The smallest absolute Gasteiger partial charge is 0.250 e. The zero-order valence-corrected chi connectivity index (χ0v) is 14.8. The monoisotopic (exact) mass is 285 g/mol.